The molecule has 0 amide bonds. The van der Waals surface area contributed by atoms with E-state index in [1.54, 1.807) is 0 Å². The molecule has 0 unspecified atom stereocenters. The van der Waals surface area contributed by atoms with Crippen LogP contribution in [0.5, 0.6) is 0 Å². The fourth-order valence-electron chi connectivity index (χ4n) is 2.98. The maximum atomic E-state index is 11.2. The van der Waals surface area contributed by atoms with Crippen molar-refractivity contribution in [3.05, 3.63) is 0 Å². The van der Waals surface area contributed by atoms with Crippen LogP contribution in [0.15, 0.2) is 0 Å². The predicted molar refractivity (Wildman–Crippen MR) is 63.4 cm³/mol. The first-order chi connectivity index (χ1) is 7.63. The van der Waals surface area contributed by atoms with Crippen LogP contribution >= 0.6 is 0 Å². The van der Waals surface area contributed by atoms with E-state index in [1.165, 1.54) is 0 Å². The van der Waals surface area contributed by atoms with E-state index in [0.29, 0.717) is 18.0 Å². The summed E-state index contributed by atoms with van der Waals surface area (Å²) in [5.74, 6) is 1.19. The summed E-state index contributed by atoms with van der Waals surface area (Å²) in [6.07, 6.45) is 4.51. The highest BCUT2D eigenvalue weighted by Crippen LogP contribution is 2.23. The molecule has 92 valence electrons. The molecule has 0 bridgehead atoms. The van der Waals surface area contributed by atoms with Gasteiger partial charge in [0.2, 0.25) is 0 Å². The van der Waals surface area contributed by atoms with Gasteiger partial charge in [0.15, 0.2) is 0 Å². The lowest BCUT2D eigenvalue weighted by Crippen LogP contribution is -2.47. The largest absolute Gasteiger partial charge is 0.373 e. The van der Waals surface area contributed by atoms with Gasteiger partial charge in [0.25, 0.3) is 0 Å². The van der Waals surface area contributed by atoms with Gasteiger partial charge in [-0.3, -0.25) is 9.69 Å². The SMILES string of the molecule is C[C@@H]1CN(CC2CCC(=O)CC2)C[C@H](C)O1. The molecule has 2 rings (SSSR count). The second-order valence-electron chi connectivity index (χ2n) is 5.46. The Morgan fingerprint density at radius 1 is 1.19 bits per heavy atom. The Morgan fingerprint density at radius 3 is 2.31 bits per heavy atom. The molecule has 2 atom stereocenters. The van der Waals surface area contributed by atoms with Crippen molar-refractivity contribution in [1.82, 2.24) is 4.90 Å². The number of hydrogen-bond donors (Lipinski definition) is 0. The van der Waals surface area contributed by atoms with E-state index in [2.05, 4.69) is 18.7 Å². The van der Waals surface area contributed by atoms with Crippen molar-refractivity contribution in [3.63, 3.8) is 0 Å². The Balaban J connectivity index is 1.78. The zero-order valence-electron chi connectivity index (χ0n) is 10.4. The summed E-state index contributed by atoms with van der Waals surface area (Å²) in [5.41, 5.74) is 0. The number of carbonyl (C=O) groups excluding carboxylic acids is 1. The maximum absolute atomic E-state index is 11.2. The Morgan fingerprint density at radius 2 is 1.75 bits per heavy atom. The number of Topliss-reactive ketones (excluding diaryl/α,β-unsaturated/α-hetero) is 1. The van der Waals surface area contributed by atoms with Crippen LogP contribution in [0.3, 0.4) is 0 Å². The van der Waals surface area contributed by atoms with Crippen molar-refractivity contribution < 1.29 is 9.53 Å². The highest BCUT2D eigenvalue weighted by Gasteiger charge is 2.26. The molecular weight excluding hydrogens is 202 g/mol. The lowest BCUT2D eigenvalue weighted by molar-refractivity contribution is -0.121. The van der Waals surface area contributed by atoms with Crippen LogP contribution in [0, 0.1) is 5.92 Å². The van der Waals surface area contributed by atoms with Crippen LogP contribution in [0.2, 0.25) is 0 Å². The van der Waals surface area contributed by atoms with Crippen molar-refractivity contribution in [2.45, 2.75) is 51.7 Å². The fourth-order valence-corrected chi connectivity index (χ4v) is 2.98. The Labute approximate surface area is 98.1 Å². The molecule has 1 saturated carbocycles. The fraction of sp³-hybridized carbons (Fsp3) is 0.923. The third-order valence-electron chi connectivity index (χ3n) is 3.67. The minimum Gasteiger partial charge on any atom is -0.373 e. The van der Waals surface area contributed by atoms with Crippen molar-refractivity contribution in [2.24, 2.45) is 5.92 Å². The normalized spacial score (nSPS) is 34.2. The van der Waals surface area contributed by atoms with Crippen LogP contribution in [0.1, 0.15) is 39.5 Å². The summed E-state index contributed by atoms with van der Waals surface area (Å²) in [6, 6.07) is 0. The smallest absolute Gasteiger partial charge is 0.132 e. The van der Waals surface area contributed by atoms with Gasteiger partial charge in [0, 0.05) is 32.5 Å². The minimum absolute atomic E-state index is 0.356. The molecule has 2 fully saturated rings. The van der Waals surface area contributed by atoms with E-state index in [-0.39, 0.29) is 0 Å². The summed E-state index contributed by atoms with van der Waals surface area (Å²) in [6.45, 7) is 7.55. The number of ketones is 1. The standard InChI is InChI=1S/C13H23NO2/c1-10-7-14(8-11(2)16-10)9-12-3-5-13(15)6-4-12/h10-12H,3-9H2,1-2H3/t10-,11+. The average Bonchev–Trinajstić information content (AvgIpc) is 2.20. The molecule has 1 saturated heterocycles. The highest BCUT2D eigenvalue weighted by atomic mass is 16.5. The molecule has 1 aliphatic heterocycles. The topological polar surface area (TPSA) is 29.5 Å². The maximum Gasteiger partial charge on any atom is 0.132 e. The zero-order chi connectivity index (χ0) is 11.5. The van der Waals surface area contributed by atoms with Gasteiger partial charge in [-0.2, -0.15) is 0 Å². The van der Waals surface area contributed by atoms with E-state index < -0.39 is 0 Å². The number of rotatable bonds is 2. The molecule has 3 heteroatoms. The zero-order valence-corrected chi connectivity index (χ0v) is 10.4. The van der Waals surface area contributed by atoms with Gasteiger partial charge >= 0.3 is 0 Å². The molecule has 0 spiro atoms. The van der Waals surface area contributed by atoms with Gasteiger partial charge in [-0.15, -0.1) is 0 Å². The van der Waals surface area contributed by atoms with Crippen molar-refractivity contribution in [2.75, 3.05) is 19.6 Å². The van der Waals surface area contributed by atoms with Gasteiger partial charge in [-0.25, -0.2) is 0 Å². The van der Waals surface area contributed by atoms with E-state index >= 15 is 0 Å². The minimum atomic E-state index is 0.356. The van der Waals surface area contributed by atoms with Crippen LogP contribution in [0.25, 0.3) is 0 Å². The molecule has 0 radical (unpaired) electrons. The predicted octanol–water partition coefficient (Wildman–Crippen LogP) is 1.85. The molecular formula is C13H23NO2. The van der Waals surface area contributed by atoms with E-state index in [4.69, 9.17) is 4.74 Å². The van der Waals surface area contributed by atoms with Gasteiger partial charge in [-0.05, 0) is 32.6 Å². The number of hydrogen-bond acceptors (Lipinski definition) is 3. The first-order valence-corrected chi connectivity index (χ1v) is 6.53. The van der Waals surface area contributed by atoms with Crippen LogP contribution in [-0.2, 0) is 9.53 Å². The Hall–Kier alpha value is -0.410. The second-order valence-corrected chi connectivity index (χ2v) is 5.46. The molecule has 0 N–H and O–H groups in total. The van der Waals surface area contributed by atoms with Gasteiger partial charge in [0.1, 0.15) is 5.78 Å². The highest BCUT2D eigenvalue weighted by molar-refractivity contribution is 5.79. The van der Waals surface area contributed by atoms with Crippen molar-refractivity contribution in [3.8, 4) is 0 Å². The second kappa shape index (κ2) is 5.28. The molecule has 0 aromatic rings. The molecule has 16 heavy (non-hydrogen) atoms. The van der Waals surface area contributed by atoms with Gasteiger partial charge < -0.3 is 4.74 Å². The Bertz CT molecular complexity index is 234. The summed E-state index contributed by atoms with van der Waals surface area (Å²) < 4.78 is 5.73. The average molecular weight is 225 g/mol. The van der Waals surface area contributed by atoms with E-state index in [1.807, 2.05) is 0 Å². The summed E-state index contributed by atoms with van der Waals surface area (Å²) in [7, 11) is 0. The summed E-state index contributed by atoms with van der Waals surface area (Å²) in [4.78, 5) is 13.7. The van der Waals surface area contributed by atoms with Crippen LogP contribution in [0.4, 0.5) is 0 Å². The lowest BCUT2D eigenvalue weighted by Gasteiger charge is -2.37. The monoisotopic (exact) mass is 225 g/mol. The summed E-state index contributed by atoms with van der Waals surface area (Å²) in [5, 5.41) is 0. The lowest BCUT2D eigenvalue weighted by atomic mass is 9.88. The number of carbonyl (C=O) groups is 1. The first kappa shape index (κ1) is 12.1. The molecule has 0 aromatic heterocycles. The van der Waals surface area contributed by atoms with Crippen molar-refractivity contribution in [1.29, 1.82) is 0 Å². The van der Waals surface area contributed by atoms with E-state index in [0.717, 1.165) is 51.2 Å². The number of morpholine rings is 1. The van der Waals surface area contributed by atoms with Gasteiger partial charge in [-0.1, -0.05) is 0 Å². The van der Waals surface area contributed by atoms with Crippen molar-refractivity contribution >= 4 is 5.78 Å². The molecule has 3 nitrogen and oxygen atoms in total. The molecule has 1 aliphatic carbocycles. The third-order valence-corrected chi connectivity index (χ3v) is 3.67. The summed E-state index contributed by atoms with van der Waals surface area (Å²) >= 11 is 0. The van der Waals surface area contributed by atoms with Crippen LogP contribution < -0.4 is 0 Å². The third kappa shape index (κ3) is 3.29. The first-order valence-electron chi connectivity index (χ1n) is 6.53. The van der Waals surface area contributed by atoms with E-state index in [9.17, 15) is 4.79 Å². The number of nitrogens with zero attached hydrogens (tertiary/aromatic N) is 1. The molecule has 2 aliphatic rings. The molecule has 0 aromatic carbocycles. The number of ether oxygens (including phenoxy) is 1. The van der Waals surface area contributed by atoms with Gasteiger partial charge in [0.05, 0.1) is 12.2 Å². The Kier molecular flexibility index (Phi) is 3.98. The van der Waals surface area contributed by atoms with Crippen LogP contribution in [-0.4, -0.2) is 42.5 Å². The molecule has 1 heterocycles. The quantitative estimate of drug-likeness (QED) is 0.718.